The van der Waals surface area contributed by atoms with Gasteiger partial charge < -0.3 is 15.5 Å². The predicted octanol–water partition coefficient (Wildman–Crippen LogP) is 3.99. The van der Waals surface area contributed by atoms with Crippen LogP contribution in [0.2, 0.25) is 0 Å². The van der Waals surface area contributed by atoms with Gasteiger partial charge in [0, 0.05) is 19.0 Å². The molecule has 1 fully saturated rings. The molecule has 2 atom stereocenters. The molecule has 40 heavy (non-hydrogen) atoms. The minimum atomic E-state index is -5.41. The van der Waals surface area contributed by atoms with Crippen molar-refractivity contribution in [3.05, 3.63) is 36.7 Å². The summed E-state index contributed by atoms with van der Waals surface area (Å²) < 4.78 is 70.4. The van der Waals surface area contributed by atoms with Crippen molar-refractivity contribution in [3.8, 4) is 0 Å². The zero-order valence-electron chi connectivity index (χ0n) is 22.1. The number of anilines is 1. The molecule has 0 radical (unpaired) electrons. The van der Waals surface area contributed by atoms with Crippen LogP contribution in [0.4, 0.5) is 19.0 Å². The highest BCUT2D eigenvalue weighted by molar-refractivity contribution is 7.92. The normalized spacial score (nSPS) is 18.6. The van der Waals surface area contributed by atoms with E-state index in [-0.39, 0.29) is 17.8 Å². The zero-order valence-corrected chi connectivity index (χ0v) is 22.9. The molecule has 1 aromatic carbocycles. The van der Waals surface area contributed by atoms with E-state index in [4.69, 9.17) is 10.5 Å². The van der Waals surface area contributed by atoms with Gasteiger partial charge in [0.15, 0.2) is 11.5 Å². The summed E-state index contributed by atoms with van der Waals surface area (Å²) in [7, 11) is -5.41. The van der Waals surface area contributed by atoms with Crippen LogP contribution >= 0.6 is 0 Å². The summed E-state index contributed by atoms with van der Waals surface area (Å²) in [5, 5.41) is 0. The number of H-pyrrole nitrogens is 1. The Hall–Kier alpha value is -3.30. The molecule has 3 N–H and O–H groups in total. The number of sulfone groups is 1. The van der Waals surface area contributed by atoms with Crippen LogP contribution in [0, 0.1) is 0 Å². The van der Waals surface area contributed by atoms with Gasteiger partial charge in [-0.1, -0.05) is 0 Å². The first-order chi connectivity index (χ1) is 18.9. The molecule has 5 rings (SSSR count). The maximum absolute atomic E-state index is 12.9. The summed E-state index contributed by atoms with van der Waals surface area (Å²) in [5.74, 6) is 0.942. The van der Waals surface area contributed by atoms with Crippen LogP contribution in [0.25, 0.3) is 22.2 Å². The lowest BCUT2D eigenvalue weighted by atomic mass is 10.1. The molecule has 11 nitrogen and oxygen atoms in total. The van der Waals surface area contributed by atoms with Crippen molar-refractivity contribution in [1.29, 1.82) is 0 Å². The van der Waals surface area contributed by atoms with Crippen molar-refractivity contribution < 1.29 is 26.3 Å². The first kappa shape index (κ1) is 28.2. The number of aromatic amines is 1. The number of nitrogens with zero attached hydrogens (tertiary/aromatic N) is 6. The zero-order chi connectivity index (χ0) is 28.7. The molecule has 15 heteroatoms. The molecule has 0 aliphatic carbocycles. The molecule has 0 saturated carbocycles. The summed E-state index contributed by atoms with van der Waals surface area (Å²) in [6, 6.07) is 3.52. The van der Waals surface area contributed by atoms with E-state index in [0.29, 0.717) is 40.8 Å². The maximum Gasteiger partial charge on any atom is 0.501 e. The van der Waals surface area contributed by atoms with Gasteiger partial charge >= 0.3 is 5.51 Å². The predicted molar refractivity (Wildman–Crippen MR) is 142 cm³/mol. The number of ether oxygens (including phenoxy) is 1. The van der Waals surface area contributed by atoms with Gasteiger partial charge in [-0.2, -0.15) is 13.2 Å². The highest BCUT2D eigenvalue weighted by Crippen LogP contribution is 2.33. The number of nitrogens with two attached hydrogens (primary N) is 1. The molecule has 4 aromatic rings. The topological polar surface area (TPSA) is 145 Å². The minimum absolute atomic E-state index is 0.0570. The smallest absolute Gasteiger partial charge is 0.382 e. The summed E-state index contributed by atoms with van der Waals surface area (Å²) in [6.45, 7) is 5.90. The Morgan fingerprint density at radius 1 is 1.20 bits per heavy atom. The summed E-state index contributed by atoms with van der Waals surface area (Å²) >= 11 is 0. The molecule has 0 amide bonds. The van der Waals surface area contributed by atoms with Crippen LogP contribution in [0.15, 0.2) is 35.7 Å². The van der Waals surface area contributed by atoms with E-state index in [0.717, 1.165) is 50.9 Å². The molecule has 1 aliphatic heterocycles. The van der Waals surface area contributed by atoms with Gasteiger partial charge in [-0.15, -0.1) is 0 Å². The third-order valence-corrected chi connectivity index (χ3v) is 8.66. The fraction of sp³-hybridized carbons (Fsp3) is 0.520. The molecule has 4 heterocycles. The Labute approximate surface area is 228 Å². The summed E-state index contributed by atoms with van der Waals surface area (Å²) in [6.07, 6.45) is 7.00. The average molecular weight is 581 g/mol. The fourth-order valence-electron chi connectivity index (χ4n) is 5.00. The molecule has 0 spiro atoms. The molecular formula is C25H31F3N8O3S. The van der Waals surface area contributed by atoms with E-state index in [2.05, 4.69) is 43.7 Å². The van der Waals surface area contributed by atoms with Gasteiger partial charge in [0.1, 0.15) is 23.9 Å². The maximum atomic E-state index is 12.9. The van der Waals surface area contributed by atoms with Crippen LogP contribution in [0.1, 0.15) is 51.6 Å². The third kappa shape index (κ3) is 5.63. The molecule has 1 aliphatic rings. The second-order valence-corrected chi connectivity index (χ2v) is 12.2. The Morgan fingerprint density at radius 2 is 2.00 bits per heavy atom. The van der Waals surface area contributed by atoms with Gasteiger partial charge in [0.2, 0.25) is 0 Å². The summed E-state index contributed by atoms with van der Waals surface area (Å²) in [5.41, 5.74) is 2.46. The number of rotatable bonds is 10. The van der Waals surface area contributed by atoms with E-state index in [1.54, 1.807) is 6.33 Å². The Balaban J connectivity index is 1.14. The van der Waals surface area contributed by atoms with E-state index in [1.165, 1.54) is 12.4 Å². The first-order valence-corrected chi connectivity index (χ1v) is 14.5. The molecular weight excluding hydrogens is 549 g/mol. The molecule has 3 aromatic heterocycles. The lowest BCUT2D eigenvalue weighted by molar-refractivity contribution is -0.0436. The molecule has 2 unspecified atom stereocenters. The van der Waals surface area contributed by atoms with Crippen molar-refractivity contribution in [3.63, 3.8) is 0 Å². The number of aryl methyl sites for hydroxylation is 1. The first-order valence-electron chi connectivity index (χ1n) is 13.1. The van der Waals surface area contributed by atoms with Crippen LogP contribution in [0.5, 0.6) is 0 Å². The molecule has 216 valence electrons. The minimum Gasteiger partial charge on any atom is -0.382 e. The van der Waals surface area contributed by atoms with Gasteiger partial charge in [-0.25, -0.2) is 28.4 Å². The average Bonchev–Trinajstić information content (AvgIpc) is 3.62. The number of fused-ring (bicyclic) bond motifs is 2. The van der Waals surface area contributed by atoms with Gasteiger partial charge in [0.25, 0.3) is 9.84 Å². The fourth-order valence-corrected chi connectivity index (χ4v) is 5.78. The standard InChI is InChI=1S/C25H31F3N8O3S/c1-15(2)35(12-16-6-9-21(39-16)36-14-32-22-23(29)30-13-31-24(22)36)10-4-3-5-20-33-18-8-7-17(11-19(18)34-20)40(37,38)25(26,27)28/h7-8,11,13-16,21H,3-6,9-10,12H2,1-2H3,(H,33,34)(H2,29,30,31). The molecule has 0 bridgehead atoms. The quantitative estimate of drug-likeness (QED) is 0.266. The highest BCUT2D eigenvalue weighted by Gasteiger charge is 2.47. The SMILES string of the molecule is CC(C)N(CCCCc1nc2ccc(S(=O)(=O)C(F)(F)F)cc2[nH]1)CC1CCC(n2cnc3c(N)ncnc32)O1. The van der Waals surface area contributed by atoms with E-state index < -0.39 is 20.2 Å². The Kier molecular flexibility index (Phi) is 7.72. The van der Waals surface area contributed by atoms with Crippen molar-refractivity contribution >= 4 is 37.9 Å². The van der Waals surface area contributed by atoms with Crippen LogP contribution in [-0.4, -0.2) is 73.5 Å². The van der Waals surface area contributed by atoms with Crippen molar-refractivity contribution in [1.82, 2.24) is 34.4 Å². The Bertz CT molecular complexity index is 1600. The van der Waals surface area contributed by atoms with Crippen LogP contribution in [-0.2, 0) is 21.0 Å². The van der Waals surface area contributed by atoms with Crippen molar-refractivity contribution in [2.24, 2.45) is 0 Å². The number of benzene rings is 1. The number of alkyl halides is 3. The van der Waals surface area contributed by atoms with Gasteiger partial charge in [-0.05, 0) is 64.3 Å². The number of halogens is 3. The number of hydrogen-bond donors (Lipinski definition) is 2. The monoisotopic (exact) mass is 580 g/mol. The lowest BCUT2D eigenvalue weighted by Crippen LogP contribution is -2.38. The van der Waals surface area contributed by atoms with Crippen LogP contribution in [0.3, 0.4) is 0 Å². The van der Waals surface area contributed by atoms with E-state index >= 15 is 0 Å². The lowest BCUT2D eigenvalue weighted by Gasteiger charge is -2.29. The number of nitrogen functional groups attached to an aromatic ring is 1. The number of nitrogens with one attached hydrogen (secondary N) is 1. The van der Waals surface area contributed by atoms with Gasteiger partial charge in [-0.3, -0.25) is 9.47 Å². The van der Waals surface area contributed by atoms with Crippen molar-refractivity contribution in [2.75, 3.05) is 18.8 Å². The number of unbranched alkanes of at least 4 members (excludes halogenated alkanes) is 1. The number of imidazole rings is 2. The molecule has 1 saturated heterocycles. The number of hydrogen-bond acceptors (Lipinski definition) is 9. The Morgan fingerprint density at radius 3 is 2.75 bits per heavy atom. The largest absolute Gasteiger partial charge is 0.501 e. The van der Waals surface area contributed by atoms with Crippen molar-refractivity contribution in [2.45, 2.75) is 74.7 Å². The third-order valence-electron chi connectivity index (χ3n) is 7.18. The summed E-state index contributed by atoms with van der Waals surface area (Å²) in [4.78, 5) is 21.6. The van der Waals surface area contributed by atoms with E-state index in [1.807, 2.05) is 4.57 Å². The van der Waals surface area contributed by atoms with Gasteiger partial charge in [0.05, 0.1) is 28.4 Å². The van der Waals surface area contributed by atoms with Crippen LogP contribution < -0.4 is 5.73 Å². The van der Waals surface area contributed by atoms with E-state index in [9.17, 15) is 21.6 Å². The second-order valence-electron chi connectivity index (χ2n) is 10.2. The number of aromatic nitrogens is 6. The highest BCUT2D eigenvalue weighted by atomic mass is 32.2. The second kappa shape index (κ2) is 10.9.